The number of sulfone groups is 1. The van der Waals surface area contributed by atoms with Crippen LogP contribution in [0.15, 0.2) is 23.1 Å². The topological polar surface area (TPSA) is 60.2 Å². The lowest BCUT2D eigenvalue weighted by Crippen LogP contribution is -2.19. The van der Waals surface area contributed by atoms with E-state index in [0.29, 0.717) is 0 Å². The molecule has 2 rings (SSSR count). The molecule has 1 saturated carbocycles. The van der Waals surface area contributed by atoms with Gasteiger partial charge in [-0.15, -0.1) is 0 Å². The first-order valence-electron chi connectivity index (χ1n) is 6.27. The van der Waals surface area contributed by atoms with Gasteiger partial charge in [-0.3, -0.25) is 0 Å². The predicted octanol–water partition coefficient (Wildman–Crippen LogP) is 2.76. The molecular formula is C13H18FNO2S. The second-order valence-corrected chi connectivity index (χ2v) is 6.97. The van der Waals surface area contributed by atoms with Crippen molar-refractivity contribution >= 4 is 15.5 Å². The van der Waals surface area contributed by atoms with Gasteiger partial charge in [0.25, 0.3) is 0 Å². The largest absolute Gasteiger partial charge is 0.398 e. The van der Waals surface area contributed by atoms with Crippen LogP contribution in [0.3, 0.4) is 0 Å². The van der Waals surface area contributed by atoms with E-state index >= 15 is 0 Å². The second kappa shape index (κ2) is 5.26. The molecule has 0 amide bonds. The summed E-state index contributed by atoms with van der Waals surface area (Å²) in [4.78, 5) is 0.0643. The van der Waals surface area contributed by atoms with Gasteiger partial charge in [0.15, 0.2) is 9.84 Å². The Hall–Kier alpha value is -1.10. The van der Waals surface area contributed by atoms with Gasteiger partial charge in [0, 0.05) is 0 Å². The third kappa shape index (κ3) is 3.02. The van der Waals surface area contributed by atoms with E-state index in [-0.39, 0.29) is 22.3 Å². The van der Waals surface area contributed by atoms with E-state index in [1.165, 1.54) is 12.5 Å². The summed E-state index contributed by atoms with van der Waals surface area (Å²) in [6.07, 6.45) is 5.30. The van der Waals surface area contributed by atoms with Crippen LogP contribution in [0.5, 0.6) is 0 Å². The fourth-order valence-electron chi connectivity index (χ4n) is 2.56. The minimum absolute atomic E-state index is 0.00538. The highest BCUT2D eigenvalue weighted by Gasteiger charge is 2.24. The number of anilines is 1. The Morgan fingerprint density at radius 3 is 2.50 bits per heavy atom. The van der Waals surface area contributed by atoms with Crippen molar-refractivity contribution in [3.05, 3.63) is 24.0 Å². The molecule has 0 aliphatic heterocycles. The minimum Gasteiger partial charge on any atom is -0.398 e. The average Bonchev–Trinajstić information content (AvgIpc) is 2.29. The summed E-state index contributed by atoms with van der Waals surface area (Å²) in [5.74, 6) is -0.166. The highest BCUT2D eigenvalue weighted by Crippen LogP contribution is 2.28. The van der Waals surface area contributed by atoms with Crippen molar-refractivity contribution in [2.75, 3.05) is 11.5 Å². The molecule has 0 saturated heterocycles. The van der Waals surface area contributed by atoms with E-state index in [1.807, 2.05) is 0 Å². The van der Waals surface area contributed by atoms with Crippen molar-refractivity contribution in [1.29, 1.82) is 0 Å². The summed E-state index contributed by atoms with van der Waals surface area (Å²) in [7, 11) is -3.40. The number of hydrogen-bond acceptors (Lipinski definition) is 3. The molecule has 1 fully saturated rings. The molecule has 2 N–H and O–H groups in total. The number of nitrogens with two attached hydrogens (primary N) is 1. The maximum absolute atomic E-state index is 12.9. The quantitative estimate of drug-likeness (QED) is 0.679. The van der Waals surface area contributed by atoms with Gasteiger partial charge in [-0.2, -0.15) is 0 Å². The van der Waals surface area contributed by atoms with E-state index in [1.54, 1.807) is 0 Å². The molecule has 1 aromatic carbocycles. The number of hydrogen-bond donors (Lipinski definition) is 1. The van der Waals surface area contributed by atoms with Gasteiger partial charge >= 0.3 is 0 Å². The fourth-order valence-corrected chi connectivity index (χ4v) is 4.38. The molecule has 0 atom stereocenters. The van der Waals surface area contributed by atoms with Gasteiger partial charge in [-0.1, -0.05) is 19.3 Å². The first kappa shape index (κ1) is 13.3. The second-order valence-electron chi connectivity index (χ2n) is 4.97. The molecular weight excluding hydrogens is 253 g/mol. The van der Waals surface area contributed by atoms with Crippen molar-refractivity contribution in [1.82, 2.24) is 0 Å². The minimum atomic E-state index is -3.40. The molecule has 0 heterocycles. The molecule has 100 valence electrons. The van der Waals surface area contributed by atoms with E-state index < -0.39 is 15.7 Å². The number of benzene rings is 1. The van der Waals surface area contributed by atoms with Crippen molar-refractivity contribution in [2.45, 2.75) is 37.0 Å². The van der Waals surface area contributed by atoms with Crippen LogP contribution in [-0.2, 0) is 9.84 Å². The van der Waals surface area contributed by atoms with Gasteiger partial charge in [-0.05, 0) is 37.0 Å². The summed E-state index contributed by atoms with van der Waals surface area (Å²) in [5, 5.41) is 0. The molecule has 0 bridgehead atoms. The molecule has 1 aromatic rings. The normalized spacial score (nSPS) is 17.8. The molecule has 0 radical (unpaired) electrons. The number of halogens is 1. The highest BCUT2D eigenvalue weighted by atomic mass is 32.2. The van der Waals surface area contributed by atoms with Crippen molar-refractivity contribution in [2.24, 2.45) is 5.92 Å². The molecule has 1 aliphatic carbocycles. The van der Waals surface area contributed by atoms with Gasteiger partial charge < -0.3 is 5.73 Å². The molecule has 18 heavy (non-hydrogen) atoms. The van der Waals surface area contributed by atoms with Crippen molar-refractivity contribution in [3.8, 4) is 0 Å². The first-order chi connectivity index (χ1) is 8.49. The highest BCUT2D eigenvalue weighted by molar-refractivity contribution is 7.91. The monoisotopic (exact) mass is 271 g/mol. The molecule has 3 nitrogen and oxygen atoms in total. The molecule has 0 spiro atoms. The van der Waals surface area contributed by atoms with Crippen LogP contribution in [-0.4, -0.2) is 14.2 Å². The van der Waals surface area contributed by atoms with E-state index in [0.717, 1.165) is 37.8 Å². The van der Waals surface area contributed by atoms with Crippen LogP contribution in [0.25, 0.3) is 0 Å². The maximum Gasteiger partial charge on any atom is 0.180 e. The summed E-state index contributed by atoms with van der Waals surface area (Å²) in [6.45, 7) is 0. The van der Waals surface area contributed by atoms with Crippen LogP contribution in [0.2, 0.25) is 0 Å². The van der Waals surface area contributed by atoms with Gasteiger partial charge in [0.2, 0.25) is 0 Å². The van der Waals surface area contributed by atoms with E-state index in [9.17, 15) is 12.8 Å². The Morgan fingerprint density at radius 2 is 1.89 bits per heavy atom. The van der Waals surface area contributed by atoms with Crippen LogP contribution < -0.4 is 5.73 Å². The van der Waals surface area contributed by atoms with E-state index in [4.69, 9.17) is 5.73 Å². The van der Waals surface area contributed by atoms with Crippen LogP contribution in [0.1, 0.15) is 32.1 Å². The first-order valence-corrected chi connectivity index (χ1v) is 7.92. The molecule has 5 heteroatoms. The summed E-state index contributed by atoms with van der Waals surface area (Å²) in [6, 6.07) is 3.47. The van der Waals surface area contributed by atoms with Crippen LogP contribution >= 0.6 is 0 Å². The Bertz CT molecular complexity index is 522. The summed E-state index contributed by atoms with van der Waals surface area (Å²) < 4.78 is 37.4. The predicted molar refractivity (Wildman–Crippen MR) is 69.4 cm³/mol. The summed E-state index contributed by atoms with van der Waals surface area (Å²) in [5.41, 5.74) is 5.60. The zero-order valence-corrected chi connectivity index (χ0v) is 11.0. The molecule has 1 aliphatic rings. The average molecular weight is 271 g/mol. The lowest BCUT2D eigenvalue weighted by molar-refractivity contribution is 0.385. The smallest absolute Gasteiger partial charge is 0.180 e. The number of rotatable bonds is 3. The van der Waals surface area contributed by atoms with Crippen molar-refractivity contribution < 1.29 is 12.8 Å². The molecule has 0 unspecified atom stereocenters. The van der Waals surface area contributed by atoms with Crippen molar-refractivity contribution in [3.63, 3.8) is 0 Å². The van der Waals surface area contributed by atoms with Gasteiger partial charge in [-0.25, -0.2) is 12.8 Å². The van der Waals surface area contributed by atoms with Crippen LogP contribution in [0.4, 0.5) is 10.1 Å². The Kier molecular flexibility index (Phi) is 3.90. The lowest BCUT2D eigenvalue weighted by Gasteiger charge is -2.21. The third-order valence-corrected chi connectivity index (χ3v) is 5.44. The standard InChI is InChI=1S/C13H18FNO2S/c14-11-6-7-13(12(15)8-11)18(16,17)9-10-4-2-1-3-5-10/h6-8,10H,1-5,9,15H2. The zero-order valence-electron chi connectivity index (χ0n) is 10.2. The SMILES string of the molecule is Nc1cc(F)ccc1S(=O)(=O)CC1CCCCC1. The third-order valence-electron chi connectivity index (χ3n) is 3.49. The fraction of sp³-hybridized carbons (Fsp3) is 0.538. The van der Waals surface area contributed by atoms with E-state index in [2.05, 4.69) is 0 Å². The Morgan fingerprint density at radius 1 is 1.22 bits per heavy atom. The summed E-state index contributed by atoms with van der Waals surface area (Å²) >= 11 is 0. The Labute approximate surface area is 107 Å². The van der Waals surface area contributed by atoms with Gasteiger partial charge in [0.05, 0.1) is 16.3 Å². The Balaban J connectivity index is 2.19. The maximum atomic E-state index is 12.9. The zero-order chi connectivity index (χ0) is 13.2. The molecule has 0 aromatic heterocycles. The lowest BCUT2D eigenvalue weighted by atomic mass is 9.91. The van der Waals surface area contributed by atoms with Crippen LogP contribution in [0, 0.1) is 11.7 Å². The number of nitrogen functional groups attached to an aromatic ring is 1. The van der Waals surface area contributed by atoms with Gasteiger partial charge in [0.1, 0.15) is 5.82 Å².